The maximum absolute atomic E-state index is 11.7. The van der Waals surface area contributed by atoms with Crippen molar-refractivity contribution in [3.8, 4) is 5.75 Å². The minimum Gasteiger partial charge on any atom is -0.493 e. The van der Waals surface area contributed by atoms with Crippen LogP contribution in [0.2, 0.25) is 0 Å². The van der Waals surface area contributed by atoms with E-state index in [9.17, 15) is 9.59 Å². The monoisotopic (exact) mass is 373 g/mol. The lowest BCUT2D eigenvalue weighted by Gasteiger charge is -2.25. The van der Waals surface area contributed by atoms with Crippen LogP contribution in [0.15, 0.2) is 54.6 Å². The van der Waals surface area contributed by atoms with Crippen LogP contribution >= 0.6 is 11.6 Å². The summed E-state index contributed by atoms with van der Waals surface area (Å²) in [6.45, 7) is 6.12. The fourth-order valence-corrected chi connectivity index (χ4v) is 2.74. The molecule has 2 rings (SSSR count). The summed E-state index contributed by atoms with van der Waals surface area (Å²) in [5.74, 6) is -0.133. The van der Waals surface area contributed by atoms with Crippen LogP contribution in [0.5, 0.6) is 5.75 Å². The number of imide groups is 1. The van der Waals surface area contributed by atoms with Crippen LogP contribution in [0.1, 0.15) is 31.9 Å². The normalized spacial score (nSPS) is 12.3. The summed E-state index contributed by atoms with van der Waals surface area (Å²) >= 11 is 6.04. The fraction of sp³-hybridized carbons (Fsp3) is 0.333. The van der Waals surface area contributed by atoms with Gasteiger partial charge in [0.2, 0.25) is 11.8 Å². The van der Waals surface area contributed by atoms with Crippen molar-refractivity contribution in [1.82, 2.24) is 5.32 Å². The van der Waals surface area contributed by atoms with Crippen molar-refractivity contribution in [2.45, 2.75) is 38.0 Å². The predicted octanol–water partition coefficient (Wildman–Crippen LogP) is 3.86. The molecule has 4 nitrogen and oxygen atoms in total. The first-order valence-electron chi connectivity index (χ1n) is 8.51. The van der Waals surface area contributed by atoms with Gasteiger partial charge in [0.15, 0.2) is 0 Å². The van der Waals surface area contributed by atoms with Gasteiger partial charge in [-0.3, -0.25) is 14.9 Å². The first kappa shape index (κ1) is 20.0. The predicted molar refractivity (Wildman–Crippen MR) is 104 cm³/mol. The largest absolute Gasteiger partial charge is 0.493 e. The highest BCUT2D eigenvalue weighted by Crippen LogP contribution is 2.24. The molecule has 1 atom stereocenters. The smallest absolute Gasteiger partial charge is 0.244 e. The zero-order valence-corrected chi connectivity index (χ0v) is 16.0. The summed E-state index contributed by atoms with van der Waals surface area (Å²) in [5, 5.41) is 1.40. The average Bonchev–Trinajstić information content (AvgIpc) is 2.61. The van der Waals surface area contributed by atoms with Crippen LogP contribution in [0.4, 0.5) is 0 Å². The second-order valence-electron chi connectivity index (χ2n) is 6.90. The van der Waals surface area contributed by atoms with Crippen molar-refractivity contribution >= 4 is 23.4 Å². The van der Waals surface area contributed by atoms with Gasteiger partial charge in [0.05, 0.1) is 6.61 Å². The fourth-order valence-electron chi connectivity index (χ4n) is 2.51. The molecule has 0 saturated heterocycles. The molecule has 0 heterocycles. The topological polar surface area (TPSA) is 55.4 Å². The van der Waals surface area contributed by atoms with E-state index in [1.165, 1.54) is 12.5 Å². The number of carbonyl (C=O) groups is 2. The van der Waals surface area contributed by atoms with Crippen LogP contribution in [-0.4, -0.2) is 23.8 Å². The third-order valence-corrected chi connectivity index (χ3v) is 4.43. The Balaban J connectivity index is 1.91. The van der Waals surface area contributed by atoms with E-state index in [-0.39, 0.29) is 5.41 Å². The molecule has 0 fully saturated rings. The van der Waals surface area contributed by atoms with Crippen LogP contribution < -0.4 is 10.1 Å². The quantitative estimate of drug-likeness (QED) is 0.750. The van der Waals surface area contributed by atoms with Crippen molar-refractivity contribution in [1.29, 1.82) is 0 Å². The molecular formula is C21H24ClNO3. The van der Waals surface area contributed by atoms with Crippen LogP contribution in [0.25, 0.3) is 0 Å². The molecule has 0 bridgehead atoms. The van der Waals surface area contributed by atoms with Crippen molar-refractivity contribution in [2.75, 3.05) is 6.61 Å². The molecular weight excluding hydrogens is 350 g/mol. The van der Waals surface area contributed by atoms with Gasteiger partial charge in [-0.15, -0.1) is 11.6 Å². The SMILES string of the molecule is CC(=O)NC(=O)C(Cl)Cc1ccc(OCC(C)(C)c2ccccc2)cc1. The molecule has 1 N–H and O–H groups in total. The second-order valence-corrected chi connectivity index (χ2v) is 7.43. The molecule has 26 heavy (non-hydrogen) atoms. The molecule has 1 unspecified atom stereocenters. The van der Waals surface area contributed by atoms with Gasteiger partial charge in [0.25, 0.3) is 0 Å². The van der Waals surface area contributed by atoms with E-state index in [2.05, 4.69) is 31.3 Å². The Morgan fingerprint density at radius 3 is 2.27 bits per heavy atom. The van der Waals surface area contributed by atoms with Crippen molar-refractivity contribution in [3.63, 3.8) is 0 Å². The number of benzene rings is 2. The van der Waals surface area contributed by atoms with Crippen LogP contribution in [-0.2, 0) is 21.4 Å². The lowest BCUT2D eigenvalue weighted by atomic mass is 9.86. The summed E-state index contributed by atoms with van der Waals surface area (Å²) in [5.41, 5.74) is 2.02. The standard InChI is InChI=1S/C21H24ClNO3/c1-15(24)23-20(25)19(22)13-16-9-11-18(12-10-16)26-14-21(2,3)17-7-5-4-6-8-17/h4-12,19H,13-14H2,1-3H3,(H,23,24,25). The number of rotatable bonds is 7. The molecule has 138 valence electrons. The minimum absolute atomic E-state index is 0.105. The van der Waals surface area contributed by atoms with Gasteiger partial charge >= 0.3 is 0 Å². The first-order valence-corrected chi connectivity index (χ1v) is 8.94. The highest BCUT2D eigenvalue weighted by atomic mass is 35.5. The van der Waals surface area contributed by atoms with Gasteiger partial charge in [-0.1, -0.05) is 56.3 Å². The first-order chi connectivity index (χ1) is 12.3. The molecule has 0 aliphatic carbocycles. The van der Waals surface area contributed by atoms with E-state index in [1.54, 1.807) is 0 Å². The molecule has 2 aromatic carbocycles. The van der Waals surface area contributed by atoms with Crippen LogP contribution in [0, 0.1) is 0 Å². The summed E-state index contributed by atoms with van der Waals surface area (Å²) in [7, 11) is 0. The second kappa shape index (κ2) is 8.86. The molecule has 0 saturated carbocycles. The zero-order chi connectivity index (χ0) is 19.2. The molecule has 2 amide bonds. The Kier molecular flexibility index (Phi) is 6.81. The van der Waals surface area contributed by atoms with Crippen LogP contribution in [0.3, 0.4) is 0 Å². The Bertz CT molecular complexity index is 742. The molecule has 5 heteroatoms. The highest BCUT2D eigenvalue weighted by molar-refractivity contribution is 6.31. The van der Waals surface area contributed by atoms with Gasteiger partial charge in [-0.2, -0.15) is 0 Å². The third kappa shape index (κ3) is 5.88. The average molecular weight is 374 g/mol. The van der Waals surface area contributed by atoms with E-state index < -0.39 is 17.2 Å². The summed E-state index contributed by atoms with van der Waals surface area (Å²) < 4.78 is 5.93. The third-order valence-electron chi connectivity index (χ3n) is 4.08. The van der Waals surface area contributed by atoms with Gasteiger partial charge in [-0.05, 0) is 29.7 Å². The maximum Gasteiger partial charge on any atom is 0.244 e. The Labute approximate surface area is 159 Å². The summed E-state index contributed by atoms with van der Waals surface area (Å²) in [6.07, 6.45) is 0.344. The van der Waals surface area contributed by atoms with Crippen molar-refractivity contribution < 1.29 is 14.3 Å². The number of hydrogen-bond acceptors (Lipinski definition) is 3. The lowest BCUT2D eigenvalue weighted by Crippen LogP contribution is -2.35. The Morgan fingerprint density at radius 2 is 1.69 bits per heavy atom. The molecule has 0 spiro atoms. The Hall–Kier alpha value is -2.33. The number of ether oxygens (including phenoxy) is 1. The number of alkyl halides is 1. The number of nitrogens with one attached hydrogen (secondary N) is 1. The molecule has 0 aliphatic rings. The highest BCUT2D eigenvalue weighted by Gasteiger charge is 2.21. The van der Waals surface area contributed by atoms with E-state index >= 15 is 0 Å². The van der Waals surface area contributed by atoms with E-state index in [0.29, 0.717) is 13.0 Å². The minimum atomic E-state index is -0.789. The van der Waals surface area contributed by atoms with E-state index in [1.807, 2.05) is 42.5 Å². The van der Waals surface area contributed by atoms with Gasteiger partial charge in [0.1, 0.15) is 11.1 Å². The molecule has 2 aromatic rings. The van der Waals surface area contributed by atoms with Gasteiger partial charge in [-0.25, -0.2) is 0 Å². The zero-order valence-electron chi connectivity index (χ0n) is 15.3. The van der Waals surface area contributed by atoms with Crippen molar-refractivity contribution in [3.05, 3.63) is 65.7 Å². The molecule has 0 radical (unpaired) electrons. The number of amides is 2. The number of halogens is 1. The van der Waals surface area contributed by atoms with Gasteiger partial charge in [0, 0.05) is 12.3 Å². The van der Waals surface area contributed by atoms with Gasteiger partial charge < -0.3 is 4.74 Å². The number of hydrogen-bond donors (Lipinski definition) is 1. The summed E-state index contributed by atoms with van der Waals surface area (Å²) in [4.78, 5) is 22.6. The van der Waals surface area contributed by atoms with E-state index in [0.717, 1.165) is 11.3 Å². The number of carbonyl (C=O) groups excluding carboxylic acids is 2. The van der Waals surface area contributed by atoms with Crippen molar-refractivity contribution in [2.24, 2.45) is 0 Å². The summed E-state index contributed by atoms with van der Waals surface area (Å²) in [6, 6.07) is 17.7. The molecule has 0 aromatic heterocycles. The lowest BCUT2D eigenvalue weighted by molar-refractivity contribution is -0.129. The Morgan fingerprint density at radius 1 is 1.08 bits per heavy atom. The maximum atomic E-state index is 11.7. The molecule has 0 aliphatic heterocycles. The van der Waals surface area contributed by atoms with E-state index in [4.69, 9.17) is 16.3 Å².